The van der Waals surface area contributed by atoms with E-state index in [-0.39, 0.29) is 5.56 Å². The summed E-state index contributed by atoms with van der Waals surface area (Å²) >= 11 is 5.17. The highest BCUT2D eigenvalue weighted by Gasteiger charge is 2.24. The summed E-state index contributed by atoms with van der Waals surface area (Å²) in [6.45, 7) is 4.82. The summed E-state index contributed by atoms with van der Waals surface area (Å²) in [4.78, 5) is 21.0. The quantitative estimate of drug-likeness (QED) is 0.637. The molecule has 0 bridgehead atoms. The lowest BCUT2D eigenvalue weighted by molar-refractivity contribution is 0.581. The van der Waals surface area contributed by atoms with Crippen LogP contribution in [0.25, 0.3) is 10.2 Å². The average Bonchev–Trinajstić information content (AvgIpc) is 2.84. The van der Waals surface area contributed by atoms with Gasteiger partial charge in [-0.1, -0.05) is 30.0 Å². The van der Waals surface area contributed by atoms with Crippen molar-refractivity contribution in [3.63, 3.8) is 0 Å². The molecule has 118 valence electrons. The van der Waals surface area contributed by atoms with E-state index in [2.05, 4.69) is 31.2 Å². The Morgan fingerprint density at radius 3 is 2.83 bits per heavy atom. The number of aryl methyl sites for hydroxylation is 2. The van der Waals surface area contributed by atoms with Crippen LogP contribution in [0.5, 0.6) is 0 Å². The van der Waals surface area contributed by atoms with Gasteiger partial charge in [0.15, 0.2) is 5.16 Å². The standard InChI is InChI=1S/C17H16N2OS3/c1-10-11(2)22-15-14(10)16(20)19-8-13(9-21-17(19)18-15)23-12-6-4-3-5-7-12/h3-7,13H,8-9H2,1-2H3/t13-/m1/s1. The van der Waals surface area contributed by atoms with Crippen LogP contribution in [0.1, 0.15) is 10.4 Å². The number of nitrogens with zero attached hydrogens (tertiary/aromatic N) is 2. The van der Waals surface area contributed by atoms with Crippen LogP contribution in [0.2, 0.25) is 0 Å². The van der Waals surface area contributed by atoms with Crippen LogP contribution in [0.4, 0.5) is 0 Å². The summed E-state index contributed by atoms with van der Waals surface area (Å²) in [6, 6.07) is 10.4. The summed E-state index contributed by atoms with van der Waals surface area (Å²) in [7, 11) is 0. The van der Waals surface area contributed by atoms with E-state index in [0.717, 1.165) is 33.2 Å². The Hall–Kier alpha value is -1.24. The van der Waals surface area contributed by atoms with E-state index in [1.165, 1.54) is 9.77 Å². The Kier molecular flexibility index (Phi) is 3.99. The van der Waals surface area contributed by atoms with Crippen molar-refractivity contribution in [2.45, 2.75) is 35.7 Å². The first-order chi connectivity index (χ1) is 11.1. The first-order valence-corrected chi connectivity index (χ1v) is 10.2. The molecule has 0 spiro atoms. The SMILES string of the molecule is Cc1sc2nc3n(c(=O)c2c1C)C[C@@H](Sc1ccccc1)CS3. The molecule has 1 aliphatic heterocycles. The lowest BCUT2D eigenvalue weighted by Gasteiger charge is -2.24. The van der Waals surface area contributed by atoms with Crippen LogP contribution in [0, 0.1) is 13.8 Å². The van der Waals surface area contributed by atoms with E-state index >= 15 is 0 Å². The fourth-order valence-electron chi connectivity index (χ4n) is 2.77. The summed E-state index contributed by atoms with van der Waals surface area (Å²) in [5, 5.41) is 2.07. The van der Waals surface area contributed by atoms with Gasteiger partial charge in [0.2, 0.25) is 0 Å². The maximum atomic E-state index is 12.9. The third-order valence-corrected chi connectivity index (χ3v) is 7.73. The van der Waals surface area contributed by atoms with Crippen molar-refractivity contribution in [2.24, 2.45) is 0 Å². The van der Waals surface area contributed by atoms with Crippen LogP contribution < -0.4 is 5.56 Å². The minimum Gasteiger partial charge on any atom is -0.286 e. The van der Waals surface area contributed by atoms with Gasteiger partial charge in [0, 0.05) is 27.3 Å². The predicted octanol–water partition coefficient (Wildman–Crippen LogP) is 4.34. The van der Waals surface area contributed by atoms with Gasteiger partial charge < -0.3 is 0 Å². The molecule has 3 aromatic rings. The Morgan fingerprint density at radius 2 is 2.04 bits per heavy atom. The van der Waals surface area contributed by atoms with Crippen LogP contribution in [-0.2, 0) is 6.54 Å². The number of aromatic nitrogens is 2. The fraction of sp³-hybridized carbons (Fsp3) is 0.294. The number of hydrogen-bond acceptors (Lipinski definition) is 5. The topological polar surface area (TPSA) is 34.9 Å². The van der Waals surface area contributed by atoms with Crippen molar-refractivity contribution in [2.75, 3.05) is 5.75 Å². The molecule has 4 rings (SSSR count). The largest absolute Gasteiger partial charge is 0.286 e. The minimum absolute atomic E-state index is 0.123. The molecule has 23 heavy (non-hydrogen) atoms. The number of benzene rings is 1. The molecule has 6 heteroatoms. The van der Waals surface area contributed by atoms with E-state index in [9.17, 15) is 4.79 Å². The predicted molar refractivity (Wildman–Crippen MR) is 100 cm³/mol. The second kappa shape index (κ2) is 6.00. The molecule has 0 fully saturated rings. The van der Waals surface area contributed by atoms with E-state index in [4.69, 9.17) is 4.98 Å². The number of fused-ring (bicyclic) bond motifs is 2. The highest BCUT2D eigenvalue weighted by atomic mass is 32.2. The van der Waals surface area contributed by atoms with E-state index in [1.54, 1.807) is 23.1 Å². The van der Waals surface area contributed by atoms with Crippen molar-refractivity contribution >= 4 is 45.1 Å². The third kappa shape index (κ3) is 2.73. The second-order valence-corrected chi connectivity index (χ2v) is 9.20. The molecule has 0 radical (unpaired) electrons. The Morgan fingerprint density at radius 1 is 1.26 bits per heavy atom. The van der Waals surface area contributed by atoms with Gasteiger partial charge in [-0.3, -0.25) is 9.36 Å². The summed E-state index contributed by atoms with van der Waals surface area (Å²) in [5.41, 5.74) is 1.21. The van der Waals surface area contributed by atoms with Gasteiger partial charge in [0.25, 0.3) is 5.56 Å². The van der Waals surface area contributed by atoms with E-state index in [0.29, 0.717) is 5.25 Å². The van der Waals surface area contributed by atoms with Gasteiger partial charge in [-0.25, -0.2) is 4.98 Å². The lowest BCUT2D eigenvalue weighted by Crippen LogP contribution is -2.32. The van der Waals surface area contributed by atoms with Crippen LogP contribution in [0.3, 0.4) is 0 Å². The molecule has 1 aromatic carbocycles. The van der Waals surface area contributed by atoms with Crippen LogP contribution in [0.15, 0.2) is 45.2 Å². The highest BCUT2D eigenvalue weighted by Crippen LogP contribution is 2.34. The van der Waals surface area contributed by atoms with Gasteiger partial charge in [0.05, 0.1) is 5.39 Å². The summed E-state index contributed by atoms with van der Waals surface area (Å²) in [5.74, 6) is 0.987. The number of thioether (sulfide) groups is 2. The Balaban J connectivity index is 1.71. The molecule has 0 unspecified atom stereocenters. The maximum Gasteiger partial charge on any atom is 0.263 e. The molecule has 0 amide bonds. The smallest absolute Gasteiger partial charge is 0.263 e. The zero-order valence-electron chi connectivity index (χ0n) is 12.9. The van der Waals surface area contributed by atoms with Crippen molar-refractivity contribution in [3.05, 3.63) is 51.1 Å². The number of rotatable bonds is 2. The average molecular weight is 361 g/mol. The lowest BCUT2D eigenvalue weighted by atomic mass is 10.2. The van der Waals surface area contributed by atoms with Gasteiger partial charge in [0.1, 0.15) is 4.83 Å². The molecule has 3 nitrogen and oxygen atoms in total. The molecular weight excluding hydrogens is 344 g/mol. The molecule has 0 aliphatic carbocycles. The van der Waals surface area contributed by atoms with Gasteiger partial charge >= 0.3 is 0 Å². The molecule has 0 saturated carbocycles. The number of hydrogen-bond donors (Lipinski definition) is 0. The molecule has 0 N–H and O–H groups in total. The summed E-state index contributed by atoms with van der Waals surface area (Å²) < 4.78 is 1.87. The molecule has 2 aromatic heterocycles. The third-order valence-electron chi connectivity index (χ3n) is 4.08. The monoisotopic (exact) mass is 360 g/mol. The van der Waals surface area contributed by atoms with E-state index < -0.39 is 0 Å². The van der Waals surface area contributed by atoms with Crippen molar-refractivity contribution < 1.29 is 0 Å². The first kappa shape index (κ1) is 15.3. The van der Waals surface area contributed by atoms with Crippen molar-refractivity contribution in [3.8, 4) is 0 Å². The molecule has 3 heterocycles. The minimum atomic E-state index is 0.123. The maximum absolute atomic E-state index is 12.9. The normalized spacial score (nSPS) is 17.4. The van der Waals surface area contributed by atoms with Gasteiger partial charge in [-0.15, -0.1) is 23.1 Å². The van der Waals surface area contributed by atoms with Gasteiger partial charge in [-0.2, -0.15) is 0 Å². The van der Waals surface area contributed by atoms with Gasteiger partial charge in [-0.05, 0) is 31.5 Å². The van der Waals surface area contributed by atoms with Crippen molar-refractivity contribution in [1.29, 1.82) is 0 Å². The molecule has 1 aliphatic rings. The van der Waals surface area contributed by atoms with Crippen LogP contribution in [-0.4, -0.2) is 20.6 Å². The molecule has 1 atom stereocenters. The van der Waals surface area contributed by atoms with Crippen LogP contribution >= 0.6 is 34.9 Å². The Bertz CT molecular complexity index is 930. The van der Waals surface area contributed by atoms with Crippen molar-refractivity contribution in [1.82, 2.24) is 9.55 Å². The zero-order chi connectivity index (χ0) is 16.0. The highest BCUT2D eigenvalue weighted by molar-refractivity contribution is 8.03. The van der Waals surface area contributed by atoms with E-state index in [1.807, 2.05) is 29.3 Å². The first-order valence-electron chi connectivity index (χ1n) is 7.48. The molecule has 0 saturated heterocycles. The summed E-state index contributed by atoms with van der Waals surface area (Å²) in [6.07, 6.45) is 0. The Labute approximate surface area is 147 Å². The second-order valence-electron chi connectivity index (χ2n) is 5.64. The zero-order valence-corrected chi connectivity index (χ0v) is 15.4. The fourth-order valence-corrected chi connectivity index (χ4v) is 6.15. The number of thiophene rings is 1. The molecular formula is C17H16N2OS3.